The summed E-state index contributed by atoms with van der Waals surface area (Å²) < 4.78 is 5.69. The molecular weight excluding hydrogens is 216 g/mol. The molecule has 0 radical (unpaired) electrons. The first-order valence-corrected chi connectivity index (χ1v) is 6.01. The fourth-order valence-electron chi connectivity index (χ4n) is 1.53. The second kappa shape index (κ2) is 5.68. The van der Waals surface area contributed by atoms with Crippen LogP contribution in [0.4, 0.5) is 5.69 Å². The molecule has 4 nitrogen and oxygen atoms in total. The van der Waals surface area contributed by atoms with E-state index in [0.29, 0.717) is 18.9 Å². The van der Waals surface area contributed by atoms with Gasteiger partial charge in [0.1, 0.15) is 5.75 Å². The zero-order chi connectivity index (χ0) is 12.1. The Labute approximate surface area is 101 Å². The van der Waals surface area contributed by atoms with Crippen molar-refractivity contribution in [3.8, 4) is 5.75 Å². The van der Waals surface area contributed by atoms with E-state index >= 15 is 0 Å². The Morgan fingerprint density at radius 2 is 2.18 bits per heavy atom. The van der Waals surface area contributed by atoms with Gasteiger partial charge in [0.15, 0.2) is 0 Å². The molecule has 4 heteroatoms. The van der Waals surface area contributed by atoms with Crippen molar-refractivity contribution in [2.75, 3.05) is 18.5 Å². The zero-order valence-electron chi connectivity index (χ0n) is 9.82. The van der Waals surface area contributed by atoms with Gasteiger partial charge in [-0.15, -0.1) is 0 Å². The molecule has 0 heterocycles. The third-order valence-electron chi connectivity index (χ3n) is 2.70. The fourth-order valence-corrected chi connectivity index (χ4v) is 1.53. The van der Waals surface area contributed by atoms with Crippen molar-refractivity contribution in [3.63, 3.8) is 0 Å². The smallest absolute Gasteiger partial charge is 0.225 e. The van der Waals surface area contributed by atoms with E-state index in [-0.39, 0.29) is 5.91 Å². The lowest BCUT2D eigenvalue weighted by molar-refractivity contribution is -0.116. The molecule has 0 aliphatic heterocycles. The Morgan fingerprint density at radius 3 is 2.88 bits per heavy atom. The van der Waals surface area contributed by atoms with Crippen molar-refractivity contribution in [3.05, 3.63) is 24.3 Å². The number of carbonyl (C=O) groups is 1. The van der Waals surface area contributed by atoms with Gasteiger partial charge in [0.25, 0.3) is 0 Å². The minimum atomic E-state index is -0.0741. The van der Waals surface area contributed by atoms with Crippen molar-refractivity contribution in [2.24, 2.45) is 11.7 Å². The number of ether oxygens (including phenoxy) is 1. The predicted molar refractivity (Wildman–Crippen MR) is 67.0 cm³/mol. The maximum atomic E-state index is 11.5. The molecular formula is C13H18N2O2. The lowest BCUT2D eigenvalue weighted by Gasteiger charge is -2.11. The van der Waals surface area contributed by atoms with Crippen LogP contribution in [0.5, 0.6) is 5.75 Å². The van der Waals surface area contributed by atoms with Crippen LogP contribution in [0.25, 0.3) is 0 Å². The average molecular weight is 234 g/mol. The molecule has 1 fully saturated rings. The Kier molecular flexibility index (Phi) is 3.98. The molecule has 17 heavy (non-hydrogen) atoms. The van der Waals surface area contributed by atoms with E-state index in [4.69, 9.17) is 10.5 Å². The summed E-state index contributed by atoms with van der Waals surface area (Å²) in [6.45, 7) is 1.10. The normalized spacial score (nSPS) is 14.4. The van der Waals surface area contributed by atoms with Gasteiger partial charge in [-0.05, 0) is 30.9 Å². The summed E-state index contributed by atoms with van der Waals surface area (Å²) in [4.78, 5) is 11.5. The number of benzene rings is 1. The highest BCUT2D eigenvalue weighted by Crippen LogP contribution is 2.31. The number of nitrogens with two attached hydrogens (primary N) is 1. The highest BCUT2D eigenvalue weighted by molar-refractivity contribution is 5.92. The van der Waals surface area contributed by atoms with Gasteiger partial charge in [-0.2, -0.15) is 0 Å². The van der Waals surface area contributed by atoms with Crippen molar-refractivity contribution >= 4 is 11.6 Å². The number of para-hydroxylation sites is 2. The molecule has 0 aromatic heterocycles. The summed E-state index contributed by atoms with van der Waals surface area (Å²) in [5, 5.41) is 2.81. The number of hydrogen-bond donors (Lipinski definition) is 2. The van der Waals surface area contributed by atoms with Crippen molar-refractivity contribution in [2.45, 2.75) is 19.3 Å². The highest BCUT2D eigenvalue weighted by atomic mass is 16.5. The van der Waals surface area contributed by atoms with E-state index in [9.17, 15) is 4.79 Å². The number of nitrogens with one attached hydrogen (secondary N) is 1. The summed E-state index contributed by atoms with van der Waals surface area (Å²) in [5.74, 6) is 1.36. The van der Waals surface area contributed by atoms with Gasteiger partial charge in [0.05, 0.1) is 12.3 Å². The van der Waals surface area contributed by atoms with Crippen LogP contribution in [-0.4, -0.2) is 19.1 Å². The molecule has 0 atom stereocenters. The van der Waals surface area contributed by atoms with E-state index in [2.05, 4.69) is 5.32 Å². The molecule has 1 amide bonds. The van der Waals surface area contributed by atoms with Crippen molar-refractivity contribution in [1.29, 1.82) is 0 Å². The Bertz CT molecular complexity index is 389. The summed E-state index contributed by atoms with van der Waals surface area (Å²) in [6.07, 6.45) is 2.83. The first-order valence-electron chi connectivity index (χ1n) is 6.01. The molecule has 1 aliphatic carbocycles. The maximum absolute atomic E-state index is 11.5. The van der Waals surface area contributed by atoms with Crippen LogP contribution in [0.2, 0.25) is 0 Å². The zero-order valence-corrected chi connectivity index (χ0v) is 9.82. The maximum Gasteiger partial charge on any atom is 0.225 e. The minimum absolute atomic E-state index is 0.0741. The third-order valence-corrected chi connectivity index (χ3v) is 2.70. The van der Waals surface area contributed by atoms with Crippen LogP contribution in [0.15, 0.2) is 24.3 Å². The number of anilines is 1. The predicted octanol–water partition coefficient (Wildman–Crippen LogP) is 1.76. The topological polar surface area (TPSA) is 64.4 Å². The number of amides is 1. The van der Waals surface area contributed by atoms with Gasteiger partial charge < -0.3 is 15.8 Å². The highest BCUT2D eigenvalue weighted by Gasteiger charge is 2.22. The molecule has 1 saturated carbocycles. The van der Waals surface area contributed by atoms with Crippen LogP contribution in [-0.2, 0) is 4.79 Å². The van der Waals surface area contributed by atoms with Crippen LogP contribution in [0, 0.1) is 5.92 Å². The van der Waals surface area contributed by atoms with E-state index in [1.54, 1.807) is 0 Å². The van der Waals surface area contributed by atoms with Crippen LogP contribution >= 0.6 is 0 Å². The van der Waals surface area contributed by atoms with Gasteiger partial charge in [-0.1, -0.05) is 12.1 Å². The average Bonchev–Trinajstić information content (AvgIpc) is 3.12. The number of rotatable bonds is 6. The van der Waals surface area contributed by atoms with Gasteiger partial charge in [-0.3, -0.25) is 4.79 Å². The third kappa shape index (κ3) is 3.75. The quantitative estimate of drug-likeness (QED) is 0.788. The molecule has 3 N–H and O–H groups in total. The van der Waals surface area contributed by atoms with E-state index < -0.39 is 0 Å². The van der Waals surface area contributed by atoms with E-state index in [0.717, 1.165) is 18.0 Å². The lowest BCUT2D eigenvalue weighted by atomic mass is 10.2. The first-order chi connectivity index (χ1) is 8.29. The summed E-state index contributed by atoms with van der Waals surface area (Å²) in [6, 6.07) is 7.50. The first kappa shape index (κ1) is 11.9. The van der Waals surface area contributed by atoms with Crippen LogP contribution in [0.3, 0.4) is 0 Å². The SMILES string of the molecule is NCCC(=O)Nc1ccccc1OCC1CC1. The molecule has 0 saturated heterocycles. The van der Waals surface area contributed by atoms with E-state index in [1.165, 1.54) is 12.8 Å². The Hall–Kier alpha value is -1.55. The number of carbonyl (C=O) groups excluding carboxylic acids is 1. The minimum Gasteiger partial charge on any atom is -0.491 e. The number of hydrogen-bond acceptors (Lipinski definition) is 3. The largest absolute Gasteiger partial charge is 0.491 e. The standard InChI is InChI=1S/C13H18N2O2/c14-8-7-13(16)15-11-3-1-2-4-12(11)17-9-10-5-6-10/h1-4,10H,5-9,14H2,(H,15,16). The van der Waals surface area contributed by atoms with Crippen LogP contribution < -0.4 is 15.8 Å². The molecule has 1 aromatic carbocycles. The fraction of sp³-hybridized carbons (Fsp3) is 0.462. The molecule has 0 unspecified atom stereocenters. The van der Waals surface area contributed by atoms with Gasteiger partial charge >= 0.3 is 0 Å². The van der Waals surface area contributed by atoms with Gasteiger partial charge in [0.2, 0.25) is 5.91 Å². The lowest BCUT2D eigenvalue weighted by Crippen LogP contribution is -2.16. The molecule has 0 spiro atoms. The summed E-state index contributed by atoms with van der Waals surface area (Å²) in [7, 11) is 0. The molecule has 2 rings (SSSR count). The van der Waals surface area contributed by atoms with Crippen molar-refractivity contribution < 1.29 is 9.53 Å². The van der Waals surface area contributed by atoms with E-state index in [1.807, 2.05) is 24.3 Å². The summed E-state index contributed by atoms with van der Waals surface area (Å²) >= 11 is 0. The molecule has 1 aliphatic rings. The van der Waals surface area contributed by atoms with Crippen molar-refractivity contribution in [1.82, 2.24) is 0 Å². The second-order valence-corrected chi connectivity index (χ2v) is 4.34. The second-order valence-electron chi connectivity index (χ2n) is 4.34. The molecule has 92 valence electrons. The monoisotopic (exact) mass is 234 g/mol. The summed E-state index contributed by atoms with van der Waals surface area (Å²) in [5.41, 5.74) is 6.06. The van der Waals surface area contributed by atoms with Gasteiger partial charge in [0, 0.05) is 13.0 Å². The molecule has 0 bridgehead atoms. The van der Waals surface area contributed by atoms with Crippen LogP contribution in [0.1, 0.15) is 19.3 Å². The molecule has 1 aromatic rings. The Balaban J connectivity index is 1.96. The Morgan fingerprint density at radius 1 is 1.41 bits per heavy atom. The van der Waals surface area contributed by atoms with Gasteiger partial charge in [-0.25, -0.2) is 0 Å².